The number of esters is 1. The second-order valence-corrected chi connectivity index (χ2v) is 7.01. The van der Waals surface area contributed by atoms with Gasteiger partial charge in [-0.05, 0) is 35.7 Å². The number of aldehydes is 1. The number of amides is 1. The minimum atomic E-state index is -0.627. The summed E-state index contributed by atoms with van der Waals surface area (Å²) in [7, 11) is 0. The summed E-state index contributed by atoms with van der Waals surface area (Å²) in [4.78, 5) is 35.1. The van der Waals surface area contributed by atoms with Gasteiger partial charge in [0.15, 0.2) is 18.1 Å². The van der Waals surface area contributed by atoms with Crippen LogP contribution < -0.4 is 14.8 Å². The van der Waals surface area contributed by atoms with Gasteiger partial charge in [-0.25, -0.2) is 4.79 Å². The number of benzene rings is 2. The number of ether oxygens (including phenoxy) is 3. The first-order chi connectivity index (χ1) is 14.0. The summed E-state index contributed by atoms with van der Waals surface area (Å²) in [6.45, 7) is 4.58. The van der Waals surface area contributed by atoms with Gasteiger partial charge in [-0.15, -0.1) is 0 Å². The van der Waals surface area contributed by atoms with E-state index in [2.05, 4.69) is 5.32 Å². The van der Waals surface area contributed by atoms with E-state index in [4.69, 9.17) is 14.2 Å². The highest BCUT2D eigenvalue weighted by molar-refractivity contribution is 5.92. The molecule has 152 valence electrons. The molecule has 0 unspecified atom stereocenters. The van der Waals surface area contributed by atoms with Crippen LogP contribution in [0.3, 0.4) is 0 Å². The molecule has 1 amide bonds. The molecule has 2 aromatic rings. The van der Waals surface area contributed by atoms with Crippen LogP contribution in [-0.2, 0) is 9.53 Å². The first kappa shape index (κ1) is 20.4. The molecule has 0 aromatic heterocycles. The third-order valence-electron chi connectivity index (χ3n) is 4.53. The zero-order chi connectivity index (χ0) is 20.8. The Kier molecular flexibility index (Phi) is 6.49. The van der Waals surface area contributed by atoms with Crippen molar-refractivity contribution in [3.63, 3.8) is 0 Å². The molecule has 1 atom stereocenters. The smallest absolute Gasteiger partial charge is 0.338 e. The van der Waals surface area contributed by atoms with Gasteiger partial charge in [-0.2, -0.15) is 0 Å². The molecule has 0 bridgehead atoms. The van der Waals surface area contributed by atoms with E-state index in [0.29, 0.717) is 36.6 Å². The average molecular weight is 397 g/mol. The minimum absolute atomic E-state index is 0.105. The molecule has 1 N–H and O–H groups in total. The summed E-state index contributed by atoms with van der Waals surface area (Å²) in [6.07, 6.45) is 0.687. The molecular formula is C22H23NO6. The van der Waals surface area contributed by atoms with Crippen LogP contribution in [0.5, 0.6) is 11.5 Å². The molecule has 2 aromatic carbocycles. The van der Waals surface area contributed by atoms with Crippen LogP contribution in [0.2, 0.25) is 0 Å². The lowest BCUT2D eigenvalue weighted by Crippen LogP contribution is -2.35. The quantitative estimate of drug-likeness (QED) is 0.571. The van der Waals surface area contributed by atoms with Gasteiger partial charge in [0.05, 0.1) is 11.6 Å². The van der Waals surface area contributed by atoms with E-state index in [9.17, 15) is 14.4 Å². The third-order valence-corrected chi connectivity index (χ3v) is 4.53. The SMILES string of the molecule is CC(C)[C@@H](NC(=O)COC(=O)c1ccc(C=O)cc1)c1ccc2c(c1)OCCO2. The van der Waals surface area contributed by atoms with Crippen LogP contribution in [0.15, 0.2) is 42.5 Å². The Balaban J connectivity index is 1.61. The molecule has 7 nitrogen and oxygen atoms in total. The molecule has 29 heavy (non-hydrogen) atoms. The van der Waals surface area contributed by atoms with Crippen molar-refractivity contribution in [3.05, 3.63) is 59.2 Å². The summed E-state index contributed by atoms with van der Waals surface area (Å²) in [5, 5.41) is 2.91. The molecule has 1 aliphatic rings. The van der Waals surface area contributed by atoms with Crippen LogP contribution in [0.1, 0.15) is 46.2 Å². The second-order valence-electron chi connectivity index (χ2n) is 7.01. The van der Waals surface area contributed by atoms with E-state index in [1.807, 2.05) is 32.0 Å². The summed E-state index contributed by atoms with van der Waals surface area (Å²) in [5.41, 5.74) is 1.61. The van der Waals surface area contributed by atoms with Crippen molar-refractivity contribution in [1.29, 1.82) is 0 Å². The maximum absolute atomic E-state index is 12.4. The first-order valence-corrected chi connectivity index (χ1v) is 9.39. The molecule has 0 fully saturated rings. The second kappa shape index (κ2) is 9.23. The summed E-state index contributed by atoms with van der Waals surface area (Å²) in [5.74, 6) is 0.407. The van der Waals surface area contributed by atoms with Crippen molar-refractivity contribution in [2.45, 2.75) is 19.9 Å². The van der Waals surface area contributed by atoms with Gasteiger partial charge >= 0.3 is 5.97 Å². The topological polar surface area (TPSA) is 90.9 Å². The van der Waals surface area contributed by atoms with Crippen LogP contribution >= 0.6 is 0 Å². The first-order valence-electron chi connectivity index (χ1n) is 9.39. The van der Waals surface area contributed by atoms with Crippen molar-refractivity contribution in [3.8, 4) is 11.5 Å². The predicted octanol–water partition coefficient (Wildman–Crippen LogP) is 2.94. The Morgan fingerprint density at radius 2 is 1.76 bits per heavy atom. The van der Waals surface area contributed by atoms with Crippen LogP contribution in [0.25, 0.3) is 0 Å². The molecule has 3 rings (SSSR count). The minimum Gasteiger partial charge on any atom is -0.486 e. The number of carbonyl (C=O) groups is 3. The number of hydrogen-bond acceptors (Lipinski definition) is 6. The van der Waals surface area contributed by atoms with Crippen molar-refractivity contribution < 1.29 is 28.6 Å². The average Bonchev–Trinajstić information content (AvgIpc) is 2.75. The Bertz CT molecular complexity index is 891. The van der Waals surface area contributed by atoms with Gasteiger partial charge in [0.2, 0.25) is 0 Å². The highest BCUT2D eigenvalue weighted by Gasteiger charge is 2.22. The fraction of sp³-hybridized carbons (Fsp3) is 0.318. The maximum Gasteiger partial charge on any atom is 0.338 e. The van der Waals surface area contributed by atoms with Crippen molar-refractivity contribution in [2.75, 3.05) is 19.8 Å². The van der Waals surface area contributed by atoms with Crippen molar-refractivity contribution in [1.82, 2.24) is 5.32 Å². The van der Waals surface area contributed by atoms with Crippen LogP contribution in [0.4, 0.5) is 0 Å². The number of rotatable bonds is 7. The molecule has 1 heterocycles. The molecule has 1 aliphatic heterocycles. The van der Waals surface area contributed by atoms with Gasteiger partial charge in [-0.1, -0.05) is 32.0 Å². The Morgan fingerprint density at radius 1 is 1.07 bits per heavy atom. The normalized spacial score (nSPS) is 13.5. The summed E-state index contributed by atoms with van der Waals surface area (Å²) < 4.78 is 16.2. The van der Waals surface area contributed by atoms with Crippen molar-refractivity contribution >= 4 is 18.2 Å². The Morgan fingerprint density at radius 3 is 2.41 bits per heavy atom. The Hall–Kier alpha value is -3.35. The van der Waals surface area contributed by atoms with E-state index in [0.717, 1.165) is 5.56 Å². The lowest BCUT2D eigenvalue weighted by molar-refractivity contribution is -0.125. The van der Waals surface area contributed by atoms with Crippen LogP contribution in [0, 0.1) is 5.92 Å². The van der Waals surface area contributed by atoms with Crippen molar-refractivity contribution in [2.24, 2.45) is 5.92 Å². The largest absolute Gasteiger partial charge is 0.486 e. The van der Waals surface area contributed by atoms with Gasteiger partial charge in [-0.3, -0.25) is 9.59 Å². The van der Waals surface area contributed by atoms with Gasteiger partial charge in [0, 0.05) is 5.56 Å². The highest BCUT2D eigenvalue weighted by atomic mass is 16.6. The molecule has 0 saturated carbocycles. The molecule has 0 saturated heterocycles. The number of hydrogen-bond donors (Lipinski definition) is 1. The highest BCUT2D eigenvalue weighted by Crippen LogP contribution is 2.34. The van der Waals surface area contributed by atoms with Gasteiger partial charge < -0.3 is 19.5 Å². The zero-order valence-electron chi connectivity index (χ0n) is 16.3. The Labute approximate surface area is 169 Å². The van der Waals surface area contributed by atoms with E-state index >= 15 is 0 Å². The predicted molar refractivity (Wildman–Crippen MR) is 105 cm³/mol. The van der Waals surface area contributed by atoms with Gasteiger partial charge in [0.1, 0.15) is 19.5 Å². The van der Waals surface area contributed by atoms with E-state index in [-0.39, 0.29) is 17.5 Å². The molecule has 0 aliphatic carbocycles. The molecular weight excluding hydrogens is 374 g/mol. The molecule has 0 spiro atoms. The standard InChI is InChI=1S/C22H23NO6/c1-14(2)21(17-7-8-18-19(11-17)28-10-9-27-18)23-20(25)13-29-22(26)16-5-3-15(12-24)4-6-16/h3-8,11-12,14,21H,9-10,13H2,1-2H3,(H,23,25)/t21-/m1/s1. The monoisotopic (exact) mass is 397 g/mol. The lowest BCUT2D eigenvalue weighted by Gasteiger charge is -2.25. The fourth-order valence-electron chi connectivity index (χ4n) is 3.02. The zero-order valence-corrected chi connectivity index (χ0v) is 16.3. The lowest BCUT2D eigenvalue weighted by atomic mass is 9.95. The van der Waals surface area contributed by atoms with Gasteiger partial charge in [0.25, 0.3) is 5.91 Å². The number of nitrogens with one attached hydrogen (secondary N) is 1. The maximum atomic E-state index is 12.4. The fourth-order valence-corrected chi connectivity index (χ4v) is 3.02. The number of carbonyl (C=O) groups excluding carboxylic acids is 3. The van der Waals surface area contributed by atoms with E-state index < -0.39 is 18.5 Å². The van der Waals surface area contributed by atoms with E-state index in [1.54, 1.807) is 0 Å². The number of fused-ring (bicyclic) bond motifs is 1. The summed E-state index contributed by atoms with van der Waals surface area (Å²) >= 11 is 0. The molecule has 7 heteroatoms. The third kappa shape index (κ3) is 5.13. The summed E-state index contributed by atoms with van der Waals surface area (Å²) in [6, 6.07) is 11.3. The van der Waals surface area contributed by atoms with E-state index in [1.165, 1.54) is 24.3 Å². The van der Waals surface area contributed by atoms with Crippen LogP contribution in [-0.4, -0.2) is 38.0 Å². The molecule has 0 radical (unpaired) electrons.